The highest BCUT2D eigenvalue weighted by molar-refractivity contribution is 5.99. The third kappa shape index (κ3) is 2.15. The van der Waals surface area contributed by atoms with Crippen LogP contribution in [0.2, 0.25) is 0 Å². The highest BCUT2D eigenvalue weighted by Gasteiger charge is 2.36. The summed E-state index contributed by atoms with van der Waals surface area (Å²) in [4.78, 5) is 15.9. The molecular formula is C12H17N3O. The topological polar surface area (TPSA) is 54.0 Å². The van der Waals surface area contributed by atoms with Crippen LogP contribution >= 0.6 is 0 Å². The average molecular weight is 219 g/mol. The molecule has 2 unspecified atom stereocenters. The Bertz CT molecular complexity index is 392. The highest BCUT2D eigenvalue weighted by atomic mass is 16.1. The van der Waals surface area contributed by atoms with E-state index in [0.717, 1.165) is 18.5 Å². The molecule has 0 bridgehead atoms. The number of nitrogens with one attached hydrogen (secondary N) is 2. The van der Waals surface area contributed by atoms with Gasteiger partial charge in [0.2, 0.25) is 0 Å². The number of hydrogen-bond donors (Lipinski definition) is 2. The monoisotopic (exact) mass is 219 g/mol. The second-order valence-corrected chi connectivity index (χ2v) is 4.16. The van der Waals surface area contributed by atoms with E-state index in [-0.39, 0.29) is 5.91 Å². The van der Waals surface area contributed by atoms with E-state index in [2.05, 4.69) is 22.5 Å². The first kappa shape index (κ1) is 10.9. The average Bonchev–Trinajstić information content (AvgIpc) is 3.07. The molecule has 86 valence electrons. The normalized spacial score (nSPS) is 22.6. The van der Waals surface area contributed by atoms with Gasteiger partial charge in [-0.3, -0.25) is 9.78 Å². The number of pyridine rings is 1. The van der Waals surface area contributed by atoms with Gasteiger partial charge < -0.3 is 10.6 Å². The van der Waals surface area contributed by atoms with Crippen molar-refractivity contribution in [1.82, 2.24) is 10.3 Å². The summed E-state index contributed by atoms with van der Waals surface area (Å²) in [6.45, 7) is 2.15. The summed E-state index contributed by atoms with van der Waals surface area (Å²) in [5.41, 5.74) is 1.44. The van der Waals surface area contributed by atoms with Gasteiger partial charge >= 0.3 is 0 Å². The lowest BCUT2D eigenvalue weighted by atomic mass is 10.2. The van der Waals surface area contributed by atoms with Crippen molar-refractivity contribution in [2.75, 3.05) is 12.4 Å². The first-order chi connectivity index (χ1) is 7.76. The zero-order chi connectivity index (χ0) is 11.5. The van der Waals surface area contributed by atoms with Crippen LogP contribution in [-0.4, -0.2) is 24.0 Å². The summed E-state index contributed by atoms with van der Waals surface area (Å²) in [6, 6.07) is 2.17. The Morgan fingerprint density at radius 2 is 2.44 bits per heavy atom. The second-order valence-electron chi connectivity index (χ2n) is 4.16. The summed E-state index contributed by atoms with van der Waals surface area (Å²) in [6.07, 6.45) is 5.52. The molecule has 2 rings (SSSR count). The van der Waals surface area contributed by atoms with Crippen molar-refractivity contribution in [1.29, 1.82) is 0 Å². The van der Waals surface area contributed by atoms with Crippen LogP contribution in [0.15, 0.2) is 18.5 Å². The van der Waals surface area contributed by atoms with E-state index in [1.165, 1.54) is 0 Å². The fraction of sp³-hybridized carbons (Fsp3) is 0.500. The quantitative estimate of drug-likeness (QED) is 0.809. The number of hydrogen-bond acceptors (Lipinski definition) is 3. The standard InChI is InChI=1S/C12H17N3O/c1-3-8-6-11(8)15-12(16)9-7-14-5-4-10(9)13-2/h4-5,7-8,11H,3,6H2,1-2H3,(H,13,14)(H,15,16). The van der Waals surface area contributed by atoms with E-state index in [1.807, 2.05) is 0 Å². The third-order valence-electron chi connectivity index (χ3n) is 3.10. The molecule has 2 atom stereocenters. The van der Waals surface area contributed by atoms with Crippen LogP contribution in [0, 0.1) is 5.92 Å². The number of carbonyl (C=O) groups is 1. The van der Waals surface area contributed by atoms with Crippen molar-refractivity contribution in [2.24, 2.45) is 5.92 Å². The van der Waals surface area contributed by atoms with Gasteiger partial charge in [0.15, 0.2) is 0 Å². The van der Waals surface area contributed by atoms with Crippen molar-refractivity contribution in [3.05, 3.63) is 24.0 Å². The molecule has 0 saturated heterocycles. The molecule has 4 nitrogen and oxygen atoms in total. The van der Waals surface area contributed by atoms with Gasteiger partial charge in [-0.2, -0.15) is 0 Å². The zero-order valence-corrected chi connectivity index (χ0v) is 9.66. The smallest absolute Gasteiger partial charge is 0.255 e. The predicted octanol–water partition coefficient (Wildman–Crippen LogP) is 1.65. The number of nitrogens with zero attached hydrogens (tertiary/aromatic N) is 1. The first-order valence-corrected chi connectivity index (χ1v) is 5.69. The lowest BCUT2D eigenvalue weighted by molar-refractivity contribution is 0.0949. The Morgan fingerprint density at radius 3 is 3.06 bits per heavy atom. The van der Waals surface area contributed by atoms with Crippen LogP contribution in [0.25, 0.3) is 0 Å². The minimum Gasteiger partial charge on any atom is -0.387 e. The van der Waals surface area contributed by atoms with E-state index in [4.69, 9.17) is 0 Å². The van der Waals surface area contributed by atoms with E-state index in [1.54, 1.807) is 25.5 Å². The van der Waals surface area contributed by atoms with Gasteiger partial charge in [-0.1, -0.05) is 13.3 Å². The molecule has 0 radical (unpaired) electrons. The molecule has 16 heavy (non-hydrogen) atoms. The Hall–Kier alpha value is -1.58. The van der Waals surface area contributed by atoms with Crippen LogP contribution in [0.1, 0.15) is 30.1 Å². The van der Waals surface area contributed by atoms with Gasteiger partial charge in [0.05, 0.1) is 5.56 Å². The van der Waals surface area contributed by atoms with Crippen molar-refractivity contribution in [3.8, 4) is 0 Å². The Balaban J connectivity index is 2.03. The number of anilines is 1. The summed E-state index contributed by atoms with van der Waals surface area (Å²) in [5, 5.41) is 6.02. The molecule has 0 aromatic carbocycles. The van der Waals surface area contributed by atoms with Crippen LogP contribution in [0.5, 0.6) is 0 Å². The van der Waals surface area contributed by atoms with Crippen LogP contribution < -0.4 is 10.6 Å². The van der Waals surface area contributed by atoms with E-state index >= 15 is 0 Å². The fourth-order valence-electron chi connectivity index (χ4n) is 1.92. The summed E-state index contributed by atoms with van der Waals surface area (Å²) >= 11 is 0. The molecule has 0 spiro atoms. The second kappa shape index (κ2) is 4.51. The molecule has 1 saturated carbocycles. The summed E-state index contributed by atoms with van der Waals surface area (Å²) in [5.74, 6) is 0.636. The third-order valence-corrected chi connectivity index (χ3v) is 3.10. The fourth-order valence-corrected chi connectivity index (χ4v) is 1.92. The summed E-state index contributed by atoms with van der Waals surface area (Å²) in [7, 11) is 1.80. The lowest BCUT2D eigenvalue weighted by Gasteiger charge is -2.08. The van der Waals surface area contributed by atoms with Crippen molar-refractivity contribution >= 4 is 11.6 Å². The molecular weight excluding hydrogens is 202 g/mol. The number of amides is 1. The molecule has 1 amide bonds. The van der Waals surface area contributed by atoms with Crippen LogP contribution in [-0.2, 0) is 0 Å². The molecule has 1 heterocycles. The molecule has 4 heteroatoms. The van der Waals surface area contributed by atoms with Crippen LogP contribution in [0.4, 0.5) is 5.69 Å². The number of rotatable bonds is 4. The minimum atomic E-state index is -0.0293. The Labute approximate surface area is 95.5 Å². The van der Waals surface area contributed by atoms with E-state index in [0.29, 0.717) is 17.5 Å². The highest BCUT2D eigenvalue weighted by Crippen LogP contribution is 2.33. The van der Waals surface area contributed by atoms with Gasteiger partial charge in [0, 0.05) is 31.2 Å². The van der Waals surface area contributed by atoms with Crippen molar-refractivity contribution in [3.63, 3.8) is 0 Å². The largest absolute Gasteiger partial charge is 0.387 e. The molecule has 1 aliphatic carbocycles. The first-order valence-electron chi connectivity index (χ1n) is 5.69. The van der Waals surface area contributed by atoms with Crippen LogP contribution in [0.3, 0.4) is 0 Å². The maximum Gasteiger partial charge on any atom is 0.255 e. The van der Waals surface area contributed by atoms with Gasteiger partial charge in [0.1, 0.15) is 0 Å². The number of carbonyl (C=O) groups excluding carboxylic acids is 1. The molecule has 1 aromatic rings. The van der Waals surface area contributed by atoms with Crippen molar-refractivity contribution in [2.45, 2.75) is 25.8 Å². The zero-order valence-electron chi connectivity index (χ0n) is 9.66. The van der Waals surface area contributed by atoms with Crippen molar-refractivity contribution < 1.29 is 4.79 Å². The molecule has 1 aliphatic rings. The molecule has 0 aliphatic heterocycles. The Kier molecular flexibility index (Phi) is 3.08. The minimum absolute atomic E-state index is 0.0293. The maximum atomic E-state index is 11.9. The van der Waals surface area contributed by atoms with Gasteiger partial charge in [-0.15, -0.1) is 0 Å². The lowest BCUT2D eigenvalue weighted by Crippen LogP contribution is -2.27. The summed E-state index contributed by atoms with van der Waals surface area (Å²) < 4.78 is 0. The predicted molar refractivity (Wildman–Crippen MR) is 63.4 cm³/mol. The molecule has 1 fully saturated rings. The van der Waals surface area contributed by atoms with Gasteiger partial charge in [0.25, 0.3) is 5.91 Å². The van der Waals surface area contributed by atoms with E-state index in [9.17, 15) is 4.79 Å². The SMILES string of the molecule is CCC1CC1NC(=O)c1cnccc1NC. The number of aromatic nitrogens is 1. The van der Waals surface area contributed by atoms with Gasteiger partial charge in [-0.05, 0) is 18.4 Å². The molecule has 2 N–H and O–H groups in total. The maximum absolute atomic E-state index is 11.9. The van der Waals surface area contributed by atoms with E-state index < -0.39 is 0 Å². The Morgan fingerprint density at radius 1 is 1.62 bits per heavy atom. The molecule has 1 aromatic heterocycles. The van der Waals surface area contributed by atoms with Gasteiger partial charge in [-0.25, -0.2) is 0 Å².